The predicted octanol–water partition coefficient (Wildman–Crippen LogP) is 0.0145. The molecule has 0 bridgehead atoms. The van der Waals surface area contributed by atoms with Crippen molar-refractivity contribution in [2.45, 2.75) is 51.0 Å². The molecule has 27 heavy (non-hydrogen) atoms. The second kappa shape index (κ2) is 12.7. The van der Waals surface area contributed by atoms with Gasteiger partial charge in [0.25, 0.3) is 0 Å². The Hall–Kier alpha value is -1.59. The number of nitrogens with two attached hydrogens (primary N) is 1. The zero-order valence-corrected chi connectivity index (χ0v) is 16.2. The van der Waals surface area contributed by atoms with Crippen LogP contribution in [0.3, 0.4) is 0 Å². The first-order valence-corrected chi connectivity index (χ1v) is 9.92. The minimum atomic E-state index is -3.36. The van der Waals surface area contributed by atoms with Gasteiger partial charge in [0, 0.05) is 22.0 Å². The Morgan fingerprint density at radius 3 is 2.11 bits per heavy atom. The Balaban J connectivity index is 4.78. The van der Waals surface area contributed by atoms with E-state index in [0.29, 0.717) is 0 Å². The van der Waals surface area contributed by atoms with E-state index in [0.717, 1.165) is 0 Å². The maximum Gasteiger partial charge on any atom is 0.701 e. The summed E-state index contributed by atoms with van der Waals surface area (Å²) in [6.45, 7) is 1.31. The van der Waals surface area contributed by atoms with Crippen molar-refractivity contribution >= 4 is 34.4 Å². The third kappa shape index (κ3) is 11.7. The molecule has 0 aromatic rings. The Morgan fingerprint density at radius 2 is 1.67 bits per heavy atom. The number of esters is 1. The first-order chi connectivity index (χ1) is 12.5. The van der Waals surface area contributed by atoms with Gasteiger partial charge in [-0.2, -0.15) is 0 Å². The third-order valence-corrected chi connectivity index (χ3v) is 3.79. The van der Waals surface area contributed by atoms with Gasteiger partial charge in [-0.3, -0.25) is 14.4 Å². The molecule has 15 heteroatoms. The molecule has 3 atom stereocenters. The van der Waals surface area contributed by atoms with Gasteiger partial charge in [0.1, 0.15) is 6.04 Å². The number of carbonyl (C=O) groups excluding carboxylic acids is 2. The van der Waals surface area contributed by atoms with Gasteiger partial charge in [-0.25, -0.2) is 0 Å². The van der Waals surface area contributed by atoms with Gasteiger partial charge in [0.2, 0.25) is 5.91 Å². The molecule has 2 unspecified atom stereocenters. The second-order valence-corrected chi connectivity index (χ2v) is 6.51. The van der Waals surface area contributed by atoms with E-state index in [2.05, 4.69) is 14.4 Å². The van der Waals surface area contributed by atoms with Crippen LogP contribution in [0.5, 0.6) is 0 Å². The van der Waals surface area contributed by atoms with Crippen molar-refractivity contribution in [3.63, 3.8) is 0 Å². The van der Waals surface area contributed by atoms with E-state index in [-0.39, 0.29) is 32.2 Å². The van der Waals surface area contributed by atoms with Crippen LogP contribution in [0.25, 0.3) is 0 Å². The minimum Gasteiger partial charge on any atom is -0.480 e. The fourth-order valence-electron chi connectivity index (χ4n) is 1.75. The van der Waals surface area contributed by atoms with E-state index in [4.69, 9.17) is 25.4 Å². The lowest BCUT2D eigenvalue weighted by molar-refractivity contribution is -0.289. The number of carbonyl (C=O) groups is 3. The van der Waals surface area contributed by atoms with Crippen LogP contribution < -0.4 is 11.1 Å². The Bertz CT molecular complexity index is 556. The summed E-state index contributed by atoms with van der Waals surface area (Å²) >= 11 is 0. The molecule has 0 radical (unpaired) electrons. The molecule has 6 N–H and O–H groups in total. The fraction of sp³-hybridized carbons (Fsp3) is 0.750. The molecule has 154 valence electrons. The lowest BCUT2D eigenvalue weighted by atomic mass is 10.2. The van der Waals surface area contributed by atoms with Crippen LogP contribution in [0.15, 0.2) is 0 Å². The van der Waals surface area contributed by atoms with Gasteiger partial charge in [0.15, 0.2) is 0 Å². The predicted molar refractivity (Wildman–Crippen MR) is 88.0 cm³/mol. The highest BCUT2D eigenvalue weighted by molar-refractivity contribution is 7.33. The number of aliphatic carboxylic acids is 1. The van der Waals surface area contributed by atoms with E-state index in [1.54, 1.807) is 0 Å². The topological polar surface area (TPSA) is 212 Å². The molecule has 1 amide bonds. The Morgan fingerprint density at radius 1 is 1.11 bits per heavy atom. The highest BCUT2D eigenvalue weighted by Crippen LogP contribution is 2.38. The number of hydrogen-bond acceptors (Lipinski definition) is 9. The molecule has 0 spiro atoms. The van der Waals surface area contributed by atoms with Crippen molar-refractivity contribution < 1.29 is 52.2 Å². The monoisotopic (exact) mass is 432 g/mol. The zero-order valence-electron chi connectivity index (χ0n) is 14.4. The number of ether oxygens (including phenoxy) is 1. The number of rotatable bonds is 14. The summed E-state index contributed by atoms with van der Waals surface area (Å²) in [5, 5.41) is 10.9. The molecule has 0 saturated carbocycles. The molecular weight excluding hydrogens is 410 g/mol. The van der Waals surface area contributed by atoms with Crippen molar-refractivity contribution in [3.8, 4) is 0 Å². The van der Waals surface area contributed by atoms with Crippen LogP contribution in [0.4, 0.5) is 0 Å². The maximum atomic E-state index is 11.9. The summed E-state index contributed by atoms with van der Waals surface area (Å²) in [5.41, 5.74) is 5.29. The van der Waals surface area contributed by atoms with Crippen LogP contribution in [-0.4, -0.2) is 51.3 Å². The van der Waals surface area contributed by atoms with Crippen LogP contribution in [0.1, 0.15) is 39.0 Å². The van der Waals surface area contributed by atoms with Crippen LogP contribution in [0.2, 0.25) is 0 Å². The standard InChI is InChI=1S/C12H20N2O11P2/c1-8(11(17)18)14-9(15)4-2-5-10(16)23-12(6-3-7-13,24-26(19)20)25-27(21)22/h8H,2-7,13H2,1H3,(H2-2,14,15,17,18,19,20,21,22)/p+2/t8-/m0/s1. The highest BCUT2D eigenvalue weighted by Gasteiger charge is 2.53. The van der Waals surface area contributed by atoms with Crippen LogP contribution in [-0.2, 0) is 37.3 Å². The number of amides is 1. The Kier molecular flexibility index (Phi) is 12.0. The van der Waals surface area contributed by atoms with Crippen molar-refractivity contribution in [1.29, 1.82) is 0 Å². The fourth-order valence-corrected chi connectivity index (χ4v) is 2.61. The van der Waals surface area contributed by atoms with Gasteiger partial charge in [-0.15, -0.1) is 9.79 Å². The molecule has 0 aliphatic heterocycles. The summed E-state index contributed by atoms with van der Waals surface area (Å²) in [6, 6.07) is -1.10. The molecule has 0 aromatic carbocycles. The average molecular weight is 432 g/mol. The molecular formula is C12H22N2O11P2+2. The minimum absolute atomic E-state index is 0.0401. The molecule has 0 heterocycles. The average Bonchev–Trinajstić information content (AvgIpc) is 2.51. The van der Waals surface area contributed by atoms with E-state index in [1.807, 2.05) is 0 Å². The number of hydrogen-bond donors (Lipinski definition) is 5. The SMILES string of the molecule is C[C@H](NC(=O)CCCC(=O)OC(CCCN)(O[P+](=O)O)O[P+](=O)O)C(=O)O. The summed E-state index contributed by atoms with van der Waals surface area (Å²) in [4.78, 5) is 51.8. The third-order valence-electron chi connectivity index (χ3n) is 2.92. The maximum absolute atomic E-state index is 11.9. The number of nitrogens with one attached hydrogen (secondary N) is 1. The second-order valence-electron chi connectivity index (χ2n) is 5.19. The summed E-state index contributed by atoms with van der Waals surface area (Å²) in [5.74, 6) is -5.46. The molecule has 0 rings (SSSR count). The molecule has 13 nitrogen and oxygen atoms in total. The van der Waals surface area contributed by atoms with Crippen molar-refractivity contribution in [3.05, 3.63) is 0 Å². The molecule has 0 saturated heterocycles. The lowest BCUT2D eigenvalue weighted by Crippen LogP contribution is -2.39. The molecule has 0 aliphatic carbocycles. The van der Waals surface area contributed by atoms with Crippen molar-refractivity contribution in [1.82, 2.24) is 5.32 Å². The largest absolute Gasteiger partial charge is 0.701 e. The number of carboxylic acids is 1. The molecule has 0 aliphatic rings. The van der Waals surface area contributed by atoms with E-state index in [9.17, 15) is 23.5 Å². The van der Waals surface area contributed by atoms with Gasteiger partial charge in [-0.05, 0) is 35.4 Å². The van der Waals surface area contributed by atoms with Gasteiger partial charge in [-0.1, -0.05) is 0 Å². The highest BCUT2D eigenvalue weighted by atomic mass is 31.1. The number of carboxylic acid groups (broad SMARTS) is 1. The summed E-state index contributed by atoms with van der Waals surface area (Å²) in [7, 11) is -6.72. The van der Waals surface area contributed by atoms with Gasteiger partial charge < -0.3 is 20.9 Å². The first-order valence-electron chi connectivity index (χ1n) is 7.66. The zero-order chi connectivity index (χ0) is 21.0. The van der Waals surface area contributed by atoms with E-state index < -0.39 is 52.8 Å². The smallest absolute Gasteiger partial charge is 0.480 e. The lowest BCUT2D eigenvalue weighted by Gasteiger charge is -2.20. The molecule has 0 fully saturated rings. The van der Waals surface area contributed by atoms with E-state index in [1.165, 1.54) is 6.92 Å². The van der Waals surface area contributed by atoms with Crippen LogP contribution in [0, 0.1) is 0 Å². The van der Waals surface area contributed by atoms with Gasteiger partial charge >= 0.3 is 34.4 Å². The normalized spacial score (nSPS) is 15.3. The van der Waals surface area contributed by atoms with E-state index >= 15 is 0 Å². The summed E-state index contributed by atoms with van der Waals surface area (Å²) in [6.07, 6.45) is -0.964. The van der Waals surface area contributed by atoms with Crippen LogP contribution >= 0.6 is 16.5 Å². The van der Waals surface area contributed by atoms with Crippen molar-refractivity contribution in [2.24, 2.45) is 5.73 Å². The van der Waals surface area contributed by atoms with Crippen molar-refractivity contribution in [2.75, 3.05) is 6.54 Å². The quantitative estimate of drug-likeness (QED) is 0.140. The summed E-state index contributed by atoms with van der Waals surface area (Å²) < 4.78 is 35.7. The van der Waals surface area contributed by atoms with Gasteiger partial charge in [0.05, 0.1) is 6.42 Å². The molecule has 0 aromatic heterocycles. The first kappa shape index (κ1) is 25.4. The Labute approximate surface area is 156 Å².